The number of amides is 1. The number of nitrogens with zero attached hydrogens (tertiary/aromatic N) is 1. The van der Waals surface area contributed by atoms with E-state index >= 15 is 0 Å². The third-order valence-corrected chi connectivity index (χ3v) is 2.90. The SMILES string of the molecule is Cc1cc(N)cc(C(=O)NCc2cn[nH]c2C)c1F. The maximum Gasteiger partial charge on any atom is 0.254 e. The lowest BCUT2D eigenvalue weighted by Gasteiger charge is -2.08. The molecular weight excluding hydrogens is 247 g/mol. The first-order chi connectivity index (χ1) is 8.99. The summed E-state index contributed by atoms with van der Waals surface area (Å²) >= 11 is 0. The fourth-order valence-corrected chi connectivity index (χ4v) is 1.79. The molecule has 1 heterocycles. The van der Waals surface area contributed by atoms with Crippen molar-refractivity contribution >= 4 is 11.6 Å². The quantitative estimate of drug-likeness (QED) is 0.736. The Kier molecular flexibility index (Phi) is 3.50. The van der Waals surface area contributed by atoms with Crippen LogP contribution in [0.3, 0.4) is 0 Å². The van der Waals surface area contributed by atoms with Crippen LogP contribution in [0.4, 0.5) is 10.1 Å². The van der Waals surface area contributed by atoms with E-state index in [1.807, 2.05) is 6.92 Å². The van der Waals surface area contributed by atoms with Gasteiger partial charge in [-0.3, -0.25) is 9.89 Å². The number of hydrogen-bond donors (Lipinski definition) is 3. The van der Waals surface area contributed by atoms with Crippen molar-refractivity contribution in [1.29, 1.82) is 0 Å². The first kappa shape index (κ1) is 13.1. The molecule has 0 fully saturated rings. The Labute approximate surface area is 110 Å². The number of nitrogens with one attached hydrogen (secondary N) is 2. The van der Waals surface area contributed by atoms with Crippen LogP contribution in [0.25, 0.3) is 0 Å². The maximum atomic E-state index is 13.8. The Morgan fingerprint density at radius 3 is 2.84 bits per heavy atom. The van der Waals surface area contributed by atoms with Gasteiger partial charge in [-0.25, -0.2) is 4.39 Å². The number of halogens is 1. The van der Waals surface area contributed by atoms with E-state index in [0.29, 0.717) is 11.3 Å². The molecule has 100 valence electrons. The number of aromatic nitrogens is 2. The lowest BCUT2D eigenvalue weighted by Crippen LogP contribution is -2.24. The van der Waals surface area contributed by atoms with E-state index in [4.69, 9.17) is 5.73 Å². The molecule has 0 atom stereocenters. The second-order valence-electron chi connectivity index (χ2n) is 4.40. The van der Waals surface area contributed by atoms with Crippen molar-refractivity contribution in [3.63, 3.8) is 0 Å². The van der Waals surface area contributed by atoms with Crippen molar-refractivity contribution in [2.45, 2.75) is 20.4 Å². The third-order valence-electron chi connectivity index (χ3n) is 2.90. The molecule has 0 aliphatic carbocycles. The molecule has 0 saturated carbocycles. The number of carbonyl (C=O) groups is 1. The van der Waals surface area contributed by atoms with Gasteiger partial charge in [-0.15, -0.1) is 0 Å². The van der Waals surface area contributed by atoms with Crippen molar-refractivity contribution < 1.29 is 9.18 Å². The molecule has 1 amide bonds. The number of anilines is 1. The standard InChI is InChI=1S/C13H15FN4O/c1-7-3-10(15)4-11(12(7)14)13(19)16-5-9-6-17-18-8(9)2/h3-4,6H,5,15H2,1-2H3,(H,16,19)(H,17,18). The van der Waals surface area contributed by atoms with Crippen LogP contribution < -0.4 is 11.1 Å². The summed E-state index contributed by atoms with van der Waals surface area (Å²) in [5.41, 5.74) is 8.01. The fraction of sp³-hybridized carbons (Fsp3) is 0.231. The summed E-state index contributed by atoms with van der Waals surface area (Å²) in [6.45, 7) is 3.71. The highest BCUT2D eigenvalue weighted by Gasteiger charge is 2.14. The largest absolute Gasteiger partial charge is 0.399 e. The van der Waals surface area contributed by atoms with E-state index in [1.165, 1.54) is 12.1 Å². The fourth-order valence-electron chi connectivity index (χ4n) is 1.79. The second-order valence-corrected chi connectivity index (χ2v) is 4.40. The number of hydrogen-bond acceptors (Lipinski definition) is 3. The number of nitrogen functional groups attached to an aromatic ring is 1. The molecule has 6 heteroatoms. The van der Waals surface area contributed by atoms with Crippen LogP contribution in [-0.4, -0.2) is 16.1 Å². The first-order valence-electron chi connectivity index (χ1n) is 5.81. The number of aromatic amines is 1. The molecule has 19 heavy (non-hydrogen) atoms. The third kappa shape index (κ3) is 2.73. The molecule has 5 nitrogen and oxygen atoms in total. The molecule has 1 aromatic carbocycles. The van der Waals surface area contributed by atoms with Gasteiger partial charge in [0.25, 0.3) is 5.91 Å². The minimum atomic E-state index is -0.546. The predicted molar refractivity (Wildman–Crippen MR) is 70.0 cm³/mol. The summed E-state index contributed by atoms with van der Waals surface area (Å²) in [5, 5.41) is 9.26. The smallest absolute Gasteiger partial charge is 0.254 e. The Hall–Kier alpha value is -2.37. The van der Waals surface area contributed by atoms with Crippen LogP contribution in [0.15, 0.2) is 18.3 Å². The summed E-state index contributed by atoms with van der Waals surface area (Å²) in [7, 11) is 0. The van der Waals surface area contributed by atoms with Gasteiger partial charge in [-0.1, -0.05) is 0 Å². The van der Waals surface area contributed by atoms with E-state index in [9.17, 15) is 9.18 Å². The highest BCUT2D eigenvalue weighted by atomic mass is 19.1. The summed E-state index contributed by atoms with van der Waals surface area (Å²) in [6.07, 6.45) is 1.62. The Morgan fingerprint density at radius 1 is 1.47 bits per heavy atom. The monoisotopic (exact) mass is 262 g/mol. The van der Waals surface area contributed by atoms with E-state index in [0.717, 1.165) is 11.3 Å². The minimum Gasteiger partial charge on any atom is -0.399 e. The molecule has 2 rings (SSSR count). The van der Waals surface area contributed by atoms with E-state index in [2.05, 4.69) is 15.5 Å². The molecule has 2 aromatic rings. The molecule has 0 aliphatic heterocycles. The average Bonchev–Trinajstić information content (AvgIpc) is 2.76. The van der Waals surface area contributed by atoms with Gasteiger partial charge in [-0.05, 0) is 31.5 Å². The molecule has 4 N–H and O–H groups in total. The Morgan fingerprint density at radius 2 is 2.21 bits per heavy atom. The maximum absolute atomic E-state index is 13.8. The lowest BCUT2D eigenvalue weighted by molar-refractivity contribution is 0.0946. The van der Waals surface area contributed by atoms with E-state index in [1.54, 1.807) is 13.1 Å². The van der Waals surface area contributed by atoms with Gasteiger partial charge in [0.15, 0.2) is 0 Å². The van der Waals surface area contributed by atoms with Gasteiger partial charge in [0.05, 0.1) is 11.8 Å². The van der Waals surface area contributed by atoms with Crippen LogP contribution in [0.2, 0.25) is 0 Å². The van der Waals surface area contributed by atoms with Gasteiger partial charge in [-0.2, -0.15) is 5.10 Å². The second kappa shape index (κ2) is 5.09. The summed E-state index contributed by atoms with van der Waals surface area (Å²) in [5.74, 6) is -1.04. The number of rotatable bonds is 3. The topological polar surface area (TPSA) is 83.8 Å². The first-order valence-corrected chi connectivity index (χ1v) is 5.81. The summed E-state index contributed by atoms with van der Waals surface area (Å²) in [6, 6.07) is 2.83. The van der Waals surface area contributed by atoms with Crippen LogP contribution >= 0.6 is 0 Å². The van der Waals surface area contributed by atoms with Crippen LogP contribution in [0.1, 0.15) is 27.2 Å². The highest BCUT2D eigenvalue weighted by molar-refractivity contribution is 5.95. The van der Waals surface area contributed by atoms with Crippen LogP contribution in [0.5, 0.6) is 0 Å². The van der Waals surface area contributed by atoms with E-state index in [-0.39, 0.29) is 12.1 Å². The molecule has 1 aromatic heterocycles. The predicted octanol–water partition coefficient (Wildman–Crippen LogP) is 1.68. The van der Waals surface area contributed by atoms with Crippen LogP contribution in [-0.2, 0) is 6.54 Å². The van der Waals surface area contributed by atoms with Crippen molar-refractivity contribution in [1.82, 2.24) is 15.5 Å². The van der Waals surface area contributed by atoms with Crippen molar-refractivity contribution in [2.75, 3.05) is 5.73 Å². The lowest BCUT2D eigenvalue weighted by atomic mass is 10.1. The number of aryl methyl sites for hydroxylation is 2. The molecule has 0 saturated heterocycles. The minimum absolute atomic E-state index is 0.0429. The van der Waals surface area contributed by atoms with Gasteiger partial charge < -0.3 is 11.1 Å². The number of benzene rings is 1. The Balaban J connectivity index is 2.15. The zero-order valence-electron chi connectivity index (χ0n) is 10.7. The van der Waals surface area contributed by atoms with Gasteiger partial charge in [0.2, 0.25) is 0 Å². The van der Waals surface area contributed by atoms with Crippen molar-refractivity contribution in [3.05, 3.63) is 46.5 Å². The number of nitrogens with two attached hydrogens (primary N) is 1. The summed E-state index contributed by atoms with van der Waals surface area (Å²) < 4.78 is 13.8. The zero-order chi connectivity index (χ0) is 14.0. The van der Waals surface area contributed by atoms with Crippen LogP contribution in [0, 0.1) is 19.7 Å². The molecule has 0 unspecified atom stereocenters. The van der Waals surface area contributed by atoms with Gasteiger partial charge in [0.1, 0.15) is 5.82 Å². The molecule has 0 bridgehead atoms. The van der Waals surface area contributed by atoms with E-state index < -0.39 is 11.7 Å². The van der Waals surface area contributed by atoms with Gasteiger partial charge >= 0.3 is 0 Å². The van der Waals surface area contributed by atoms with Gasteiger partial charge in [0, 0.05) is 23.5 Å². The van der Waals surface area contributed by atoms with Crippen molar-refractivity contribution in [3.8, 4) is 0 Å². The zero-order valence-corrected chi connectivity index (χ0v) is 10.7. The van der Waals surface area contributed by atoms with Crippen molar-refractivity contribution in [2.24, 2.45) is 0 Å². The normalized spacial score (nSPS) is 10.5. The highest BCUT2D eigenvalue weighted by Crippen LogP contribution is 2.17. The summed E-state index contributed by atoms with van der Waals surface area (Å²) in [4.78, 5) is 11.9. The molecular formula is C13H15FN4O. The molecule has 0 spiro atoms. The average molecular weight is 262 g/mol. The molecule has 0 radical (unpaired) electrons. The number of carbonyl (C=O) groups excluding carboxylic acids is 1. The Bertz CT molecular complexity index is 621. The number of H-pyrrole nitrogens is 1. The molecule has 0 aliphatic rings.